The molecule has 5 aromatic rings. The normalized spacial score (nSPS) is 15.8. The number of pyridine rings is 2. The summed E-state index contributed by atoms with van der Waals surface area (Å²) in [4.78, 5) is 20.7. The number of rotatable bonds is 7. The van der Waals surface area contributed by atoms with E-state index >= 15 is 0 Å². The first-order chi connectivity index (χ1) is 20.8. The minimum absolute atomic E-state index is 0.126. The molecule has 3 aromatic heterocycles. The van der Waals surface area contributed by atoms with Crippen LogP contribution in [0.5, 0.6) is 5.75 Å². The van der Waals surface area contributed by atoms with Crippen LogP contribution in [0.1, 0.15) is 60.0 Å². The molecule has 0 saturated carbocycles. The van der Waals surface area contributed by atoms with Crippen molar-refractivity contribution in [3.63, 3.8) is 0 Å². The van der Waals surface area contributed by atoms with Gasteiger partial charge in [0.1, 0.15) is 17.5 Å². The van der Waals surface area contributed by atoms with Crippen LogP contribution in [-0.4, -0.2) is 39.3 Å². The number of hydrogen-bond acceptors (Lipinski definition) is 6. The van der Waals surface area contributed by atoms with Crippen molar-refractivity contribution in [2.75, 3.05) is 13.7 Å². The van der Waals surface area contributed by atoms with Crippen molar-refractivity contribution in [3.05, 3.63) is 93.9 Å². The summed E-state index contributed by atoms with van der Waals surface area (Å²) in [5.74, 6) is 0.578. The van der Waals surface area contributed by atoms with E-state index in [-0.39, 0.29) is 12.1 Å². The zero-order valence-electron chi connectivity index (χ0n) is 24.1. The number of fused-ring (bicyclic) bond motifs is 1. The van der Waals surface area contributed by atoms with Gasteiger partial charge in [-0.3, -0.25) is 14.8 Å². The third kappa shape index (κ3) is 5.83. The Balaban J connectivity index is 1.39. The molecule has 1 fully saturated rings. The van der Waals surface area contributed by atoms with Crippen molar-refractivity contribution >= 4 is 40.0 Å². The fourth-order valence-corrected chi connectivity index (χ4v) is 6.12. The number of halogens is 2. The molecule has 0 aliphatic carbocycles. The number of benzene rings is 2. The highest BCUT2D eigenvalue weighted by Gasteiger charge is 2.24. The highest BCUT2D eigenvalue weighted by atomic mass is 35.5. The van der Waals surface area contributed by atoms with Crippen LogP contribution in [0.3, 0.4) is 0 Å². The number of carbonyl (C=O) groups excluding carboxylic acids is 1. The highest BCUT2D eigenvalue weighted by molar-refractivity contribution is 6.35. The van der Waals surface area contributed by atoms with E-state index in [0.29, 0.717) is 33.5 Å². The maximum atomic E-state index is 11.9. The first kappa shape index (κ1) is 29.1. The average Bonchev–Trinajstić information content (AvgIpc) is 3.39. The summed E-state index contributed by atoms with van der Waals surface area (Å²) in [5.41, 5.74) is 6.58. The van der Waals surface area contributed by atoms with Gasteiger partial charge in [-0.25, -0.2) is 4.68 Å². The number of carbonyl (C=O) groups is 1. The van der Waals surface area contributed by atoms with Gasteiger partial charge in [-0.2, -0.15) is 5.10 Å². The second-order valence-corrected chi connectivity index (χ2v) is 11.4. The molecule has 6 rings (SSSR count). The summed E-state index contributed by atoms with van der Waals surface area (Å²) in [6.07, 6.45) is 7.44. The van der Waals surface area contributed by atoms with E-state index in [1.165, 1.54) is 0 Å². The molecule has 1 amide bonds. The number of nitrogens with one attached hydrogen (secondary N) is 1. The van der Waals surface area contributed by atoms with Crippen LogP contribution in [0.25, 0.3) is 33.4 Å². The van der Waals surface area contributed by atoms with E-state index in [2.05, 4.69) is 16.4 Å². The molecule has 220 valence electrons. The molecule has 2 aromatic carbocycles. The van der Waals surface area contributed by atoms with Crippen LogP contribution in [0.2, 0.25) is 10.0 Å². The Hall–Kier alpha value is -3.98. The first-order valence-electron chi connectivity index (χ1n) is 14.2. The molecular weight excluding hydrogens is 585 g/mol. The summed E-state index contributed by atoms with van der Waals surface area (Å²) >= 11 is 12.9. The number of amides is 1. The van der Waals surface area contributed by atoms with Gasteiger partial charge in [0.2, 0.25) is 0 Å². The largest absolute Gasteiger partial charge is 0.486 e. The van der Waals surface area contributed by atoms with E-state index in [4.69, 9.17) is 42.8 Å². The van der Waals surface area contributed by atoms with Gasteiger partial charge in [-0.15, -0.1) is 0 Å². The molecule has 0 radical (unpaired) electrons. The van der Waals surface area contributed by atoms with Crippen LogP contribution >= 0.6 is 23.2 Å². The molecule has 8 nitrogen and oxygen atoms in total. The fourth-order valence-electron chi connectivity index (χ4n) is 5.44. The molecule has 1 aliphatic rings. The SMILES string of the molecule is CNC(=O)c1ccc(-c2ccc(-c3nn(C4CCCCO4)c4cc(C)c(O[C@H](C)c5c(Cl)cncc5Cl)cc34)cn2)cc1. The third-order valence-electron chi connectivity index (χ3n) is 7.74. The van der Waals surface area contributed by atoms with Crippen LogP contribution < -0.4 is 10.1 Å². The van der Waals surface area contributed by atoms with Crippen molar-refractivity contribution < 1.29 is 14.3 Å². The average molecular weight is 617 g/mol. The smallest absolute Gasteiger partial charge is 0.251 e. The summed E-state index contributed by atoms with van der Waals surface area (Å²) in [7, 11) is 1.62. The maximum Gasteiger partial charge on any atom is 0.251 e. The molecule has 1 unspecified atom stereocenters. The molecule has 43 heavy (non-hydrogen) atoms. The molecule has 0 spiro atoms. The Morgan fingerprint density at radius 1 is 1.05 bits per heavy atom. The van der Waals surface area contributed by atoms with Gasteiger partial charge in [0.25, 0.3) is 5.91 Å². The molecule has 4 heterocycles. The quantitative estimate of drug-likeness (QED) is 0.199. The topological polar surface area (TPSA) is 91.2 Å². The summed E-state index contributed by atoms with van der Waals surface area (Å²) in [6.45, 7) is 4.64. The zero-order chi connectivity index (χ0) is 30.1. The second kappa shape index (κ2) is 12.3. The van der Waals surface area contributed by atoms with Crippen LogP contribution in [0, 0.1) is 6.92 Å². The molecule has 2 atom stereocenters. The molecule has 1 saturated heterocycles. The Kier molecular flexibility index (Phi) is 8.34. The third-order valence-corrected chi connectivity index (χ3v) is 8.34. The van der Waals surface area contributed by atoms with Crippen LogP contribution in [0.15, 0.2) is 67.1 Å². The van der Waals surface area contributed by atoms with E-state index in [9.17, 15) is 4.79 Å². The number of aromatic nitrogens is 4. The summed E-state index contributed by atoms with van der Waals surface area (Å²) in [6, 6.07) is 15.5. The van der Waals surface area contributed by atoms with Gasteiger partial charge in [-0.1, -0.05) is 35.3 Å². The lowest BCUT2D eigenvalue weighted by Gasteiger charge is -2.24. The molecule has 10 heteroatoms. The summed E-state index contributed by atoms with van der Waals surface area (Å²) in [5, 5.41) is 9.56. The standard InChI is InChI=1S/C33H31Cl2N5O3/c1-19-14-28-24(15-29(19)43-20(2)31-25(34)17-37-18-26(31)35)32(39-40(28)30-6-4-5-13-42-30)23-11-12-27(38-16-23)21-7-9-22(10-8-21)33(41)36-3/h7-12,14-18,20,30H,4-6,13H2,1-3H3,(H,36,41)/t20-,30?/m1/s1. The van der Waals surface area contributed by atoms with Crippen molar-refractivity contribution in [3.8, 4) is 28.3 Å². The first-order valence-corrected chi connectivity index (χ1v) is 15.0. The summed E-state index contributed by atoms with van der Waals surface area (Å²) < 4.78 is 14.6. The maximum absolute atomic E-state index is 11.9. The lowest BCUT2D eigenvalue weighted by molar-refractivity contribution is -0.0365. The van der Waals surface area contributed by atoms with Crippen molar-refractivity contribution in [2.45, 2.75) is 45.4 Å². The second-order valence-electron chi connectivity index (χ2n) is 10.6. The van der Waals surface area contributed by atoms with Gasteiger partial charge in [0, 0.05) is 59.9 Å². The Bertz CT molecular complexity index is 1760. The van der Waals surface area contributed by atoms with Gasteiger partial charge in [0.15, 0.2) is 6.23 Å². The Labute approximate surface area is 260 Å². The lowest BCUT2D eigenvalue weighted by atomic mass is 10.0. The van der Waals surface area contributed by atoms with E-state index < -0.39 is 6.10 Å². The molecule has 1 aliphatic heterocycles. The minimum atomic E-state index is -0.407. The molecule has 1 N–H and O–H groups in total. The van der Waals surface area contributed by atoms with Gasteiger partial charge in [-0.05, 0) is 75.1 Å². The van der Waals surface area contributed by atoms with Gasteiger partial charge in [0.05, 0.1) is 21.3 Å². The van der Waals surface area contributed by atoms with Gasteiger partial charge < -0.3 is 14.8 Å². The van der Waals surface area contributed by atoms with E-state index in [1.54, 1.807) is 31.6 Å². The number of aryl methyl sites for hydroxylation is 1. The lowest BCUT2D eigenvalue weighted by Crippen LogP contribution is -2.19. The van der Waals surface area contributed by atoms with Crippen LogP contribution in [-0.2, 0) is 4.74 Å². The predicted molar refractivity (Wildman–Crippen MR) is 169 cm³/mol. The van der Waals surface area contributed by atoms with Crippen molar-refractivity contribution in [2.24, 2.45) is 0 Å². The molecular formula is C33H31Cl2N5O3. The highest BCUT2D eigenvalue weighted by Crippen LogP contribution is 2.39. The molecule has 0 bridgehead atoms. The predicted octanol–water partition coefficient (Wildman–Crippen LogP) is 7.97. The Morgan fingerprint density at radius 2 is 1.79 bits per heavy atom. The monoisotopic (exact) mass is 615 g/mol. The Morgan fingerprint density at radius 3 is 2.44 bits per heavy atom. The number of nitrogens with zero attached hydrogens (tertiary/aromatic N) is 4. The van der Waals surface area contributed by atoms with Gasteiger partial charge >= 0.3 is 0 Å². The van der Waals surface area contributed by atoms with Crippen molar-refractivity contribution in [1.29, 1.82) is 0 Å². The van der Waals surface area contributed by atoms with Crippen LogP contribution in [0.4, 0.5) is 0 Å². The zero-order valence-corrected chi connectivity index (χ0v) is 25.6. The fraction of sp³-hybridized carbons (Fsp3) is 0.273. The van der Waals surface area contributed by atoms with E-state index in [1.807, 2.05) is 55.1 Å². The number of hydrogen-bond donors (Lipinski definition) is 1. The van der Waals surface area contributed by atoms with Crippen molar-refractivity contribution in [1.82, 2.24) is 25.1 Å². The van der Waals surface area contributed by atoms with E-state index in [0.717, 1.165) is 58.2 Å². The minimum Gasteiger partial charge on any atom is -0.486 e. The number of ether oxygens (including phenoxy) is 2.